The van der Waals surface area contributed by atoms with Crippen molar-refractivity contribution in [2.75, 3.05) is 25.0 Å². The minimum absolute atomic E-state index is 0.00762. The molecule has 0 atom stereocenters. The molecule has 0 spiro atoms. The van der Waals surface area contributed by atoms with Crippen molar-refractivity contribution in [2.24, 2.45) is 5.92 Å². The first-order valence-corrected chi connectivity index (χ1v) is 11.3. The van der Waals surface area contributed by atoms with E-state index in [9.17, 15) is 35.6 Å². The Bertz CT molecular complexity index is 1100. The molecule has 32 heavy (non-hydrogen) atoms. The summed E-state index contributed by atoms with van der Waals surface area (Å²) in [7, 11) is -4.71. The van der Waals surface area contributed by atoms with E-state index < -0.39 is 49.7 Å². The number of rotatable bonds is 7. The Hall–Kier alpha value is -2.79. The molecule has 1 saturated heterocycles. The maximum absolute atomic E-state index is 13.8. The van der Waals surface area contributed by atoms with Gasteiger partial charge in [0.15, 0.2) is 5.78 Å². The third-order valence-corrected chi connectivity index (χ3v) is 6.62. The molecule has 2 aromatic rings. The van der Waals surface area contributed by atoms with Gasteiger partial charge in [0.2, 0.25) is 15.7 Å². The number of Topliss-reactive ketones (excluding diaryl/α,β-unsaturated/α-hetero) is 1. The molecule has 1 N–H and O–H groups in total. The molecule has 0 radical (unpaired) electrons. The van der Waals surface area contributed by atoms with Gasteiger partial charge in [-0.05, 0) is 68.4 Å². The second kappa shape index (κ2) is 9.78. The highest BCUT2D eigenvalue weighted by atomic mass is 32.2. The molecular weight excluding hydrogens is 452 g/mol. The van der Waals surface area contributed by atoms with Gasteiger partial charge in [0.25, 0.3) is 0 Å². The van der Waals surface area contributed by atoms with Crippen LogP contribution >= 0.6 is 0 Å². The van der Waals surface area contributed by atoms with E-state index in [1.807, 2.05) is 0 Å². The highest BCUT2D eigenvalue weighted by molar-refractivity contribution is 7.91. The van der Waals surface area contributed by atoms with Crippen molar-refractivity contribution < 1.29 is 35.6 Å². The molecule has 0 aromatic heterocycles. The molecule has 1 amide bonds. The van der Waals surface area contributed by atoms with Crippen molar-refractivity contribution in [2.45, 2.75) is 23.5 Å². The van der Waals surface area contributed by atoms with E-state index in [0.29, 0.717) is 25.9 Å². The number of anilines is 1. The van der Waals surface area contributed by atoms with Gasteiger partial charge in [0.1, 0.15) is 11.6 Å². The van der Waals surface area contributed by atoms with Crippen LogP contribution in [-0.2, 0) is 14.6 Å². The Morgan fingerprint density at radius 1 is 1.03 bits per heavy atom. The van der Waals surface area contributed by atoms with Gasteiger partial charge in [-0.1, -0.05) is 0 Å². The topological polar surface area (TPSA) is 83.6 Å². The number of likely N-dealkylation sites (tertiary alicyclic amines) is 1. The predicted molar refractivity (Wildman–Crippen MR) is 108 cm³/mol. The minimum Gasteiger partial charge on any atom is -0.325 e. The van der Waals surface area contributed by atoms with Crippen LogP contribution in [-0.4, -0.2) is 50.4 Å². The normalized spacial score (nSPS) is 15.7. The fourth-order valence-corrected chi connectivity index (χ4v) is 4.22. The van der Waals surface area contributed by atoms with Crippen molar-refractivity contribution in [3.05, 3.63) is 59.7 Å². The van der Waals surface area contributed by atoms with Gasteiger partial charge in [0, 0.05) is 11.6 Å². The molecule has 1 heterocycles. The summed E-state index contributed by atoms with van der Waals surface area (Å²) in [5, 5.41) is 2.55. The minimum atomic E-state index is -4.71. The number of amides is 1. The Morgan fingerprint density at radius 3 is 2.25 bits per heavy atom. The van der Waals surface area contributed by atoms with E-state index >= 15 is 0 Å². The predicted octanol–water partition coefficient (Wildman–Crippen LogP) is 3.49. The molecule has 0 saturated carbocycles. The number of halogens is 4. The smallest absolute Gasteiger partial charge is 0.325 e. The fourth-order valence-electron chi connectivity index (χ4n) is 3.49. The Balaban J connectivity index is 1.51. The molecule has 1 fully saturated rings. The lowest BCUT2D eigenvalue weighted by molar-refractivity contribution is -0.117. The zero-order valence-corrected chi connectivity index (χ0v) is 17.5. The van der Waals surface area contributed by atoms with Gasteiger partial charge in [-0.25, -0.2) is 17.2 Å². The molecular formula is C21H20F4N2O4S. The van der Waals surface area contributed by atoms with Crippen LogP contribution in [0.5, 0.6) is 0 Å². The maximum atomic E-state index is 13.8. The fraction of sp³-hybridized carbons (Fsp3) is 0.333. The van der Waals surface area contributed by atoms with Crippen LogP contribution in [0.15, 0.2) is 47.4 Å². The van der Waals surface area contributed by atoms with Crippen LogP contribution < -0.4 is 5.32 Å². The van der Waals surface area contributed by atoms with Crippen LogP contribution in [0.3, 0.4) is 0 Å². The van der Waals surface area contributed by atoms with E-state index in [1.165, 1.54) is 12.1 Å². The van der Waals surface area contributed by atoms with Crippen LogP contribution in [0.4, 0.5) is 23.2 Å². The Kier molecular flexibility index (Phi) is 7.29. The number of carbonyl (C=O) groups excluding carboxylic acids is 2. The zero-order valence-electron chi connectivity index (χ0n) is 16.7. The molecule has 0 bridgehead atoms. The second-order valence-corrected chi connectivity index (χ2v) is 9.33. The van der Waals surface area contributed by atoms with Gasteiger partial charge in [0.05, 0.1) is 17.0 Å². The Labute approximate surface area is 182 Å². The number of benzene rings is 2. The first kappa shape index (κ1) is 23.9. The largest absolute Gasteiger partial charge is 0.341 e. The van der Waals surface area contributed by atoms with Crippen LogP contribution in [0.1, 0.15) is 23.2 Å². The second-order valence-electron chi connectivity index (χ2n) is 7.42. The number of sulfone groups is 1. The molecule has 172 valence electrons. The van der Waals surface area contributed by atoms with E-state index in [1.54, 1.807) is 4.90 Å². The van der Waals surface area contributed by atoms with E-state index in [2.05, 4.69) is 5.32 Å². The molecule has 0 aliphatic carbocycles. The molecule has 0 unspecified atom stereocenters. The average molecular weight is 472 g/mol. The number of hydrogen-bond acceptors (Lipinski definition) is 5. The van der Waals surface area contributed by atoms with Crippen LogP contribution in [0.2, 0.25) is 0 Å². The lowest BCUT2D eigenvalue weighted by Gasteiger charge is -2.30. The van der Waals surface area contributed by atoms with Gasteiger partial charge in [-0.2, -0.15) is 8.78 Å². The van der Waals surface area contributed by atoms with E-state index in [4.69, 9.17) is 0 Å². The number of ketones is 1. The maximum Gasteiger partial charge on any atom is 0.341 e. The van der Waals surface area contributed by atoms with Crippen LogP contribution in [0, 0.1) is 17.6 Å². The average Bonchev–Trinajstić information content (AvgIpc) is 2.75. The van der Waals surface area contributed by atoms with E-state index in [-0.39, 0.29) is 17.8 Å². The Morgan fingerprint density at radius 2 is 1.66 bits per heavy atom. The molecule has 1 aliphatic heterocycles. The number of nitrogens with zero attached hydrogens (tertiary/aromatic N) is 1. The SMILES string of the molecule is O=C(CN1CCC(C(=O)c2cc(F)ccc2F)CC1)Nc1ccc(S(=O)(=O)C(F)F)cc1. The van der Waals surface area contributed by atoms with Crippen molar-refractivity contribution in [1.29, 1.82) is 0 Å². The van der Waals surface area contributed by atoms with Gasteiger partial charge < -0.3 is 5.32 Å². The van der Waals surface area contributed by atoms with Gasteiger partial charge in [-0.15, -0.1) is 0 Å². The van der Waals surface area contributed by atoms with Crippen molar-refractivity contribution in [1.82, 2.24) is 4.90 Å². The summed E-state index contributed by atoms with van der Waals surface area (Å²) >= 11 is 0. The first-order valence-electron chi connectivity index (χ1n) is 9.71. The van der Waals surface area contributed by atoms with Crippen molar-refractivity contribution in [3.8, 4) is 0 Å². The highest BCUT2D eigenvalue weighted by Crippen LogP contribution is 2.24. The number of alkyl halides is 2. The summed E-state index contributed by atoms with van der Waals surface area (Å²) in [4.78, 5) is 26.0. The molecule has 6 nitrogen and oxygen atoms in total. The van der Waals surface area contributed by atoms with Gasteiger partial charge >= 0.3 is 5.76 Å². The third kappa shape index (κ3) is 5.52. The number of nitrogens with one attached hydrogen (secondary N) is 1. The summed E-state index contributed by atoms with van der Waals surface area (Å²) in [6, 6.07) is 7.14. The summed E-state index contributed by atoms with van der Waals surface area (Å²) < 4.78 is 75.1. The van der Waals surface area contributed by atoms with Crippen molar-refractivity contribution >= 4 is 27.2 Å². The quantitative estimate of drug-likeness (QED) is 0.493. The van der Waals surface area contributed by atoms with E-state index in [0.717, 1.165) is 30.3 Å². The number of hydrogen-bond donors (Lipinski definition) is 1. The molecule has 1 aliphatic rings. The summed E-state index contributed by atoms with van der Waals surface area (Å²) in [6.07, 6.45) is 0.754. The number of carbonyl (C=O) groups is 2. The lowest BCUT2D eigenvalue weighted by atomic mass is 9.88. The first-order chi connectivity index (χ1) is 15.1. The zero-order chi connectivity index (χ0) is 23.5. The van der Waals surface area contributed by atoms with Crippen molar-refractivity contribution in [3.63, 3.8) is 0 Å². The standard InChI is InChI=1S/C21H20F4N2O4S/c22-14-1-6-18(23)17(11-14)20(29)13-7-9-27(10-8-13)12-19(28)26-15-2-4-16(5-3-15)32(30,31)21(24)25/h1-6,11,13,21H,7-10,12H2,(H,26,28). The molecule has 2 aromatic carbocycles. The van der Waals surface area contributed by atoms with Crippen LogP contribution in [0.25, 0.3) is 0 Å². The third-order valence-electron chi connectivity index (χ3n) is 5.22. The summed E-state index contributed by atoms with van der Waals surface area (Å²) in [6.45, 7) is 0.783. The monoisotopic (exact) mass is 472 g/mol. The number of piperidine rings is 1. The lowest BCUT2D eigenvalue weighted by Crippen LogP contribution is -2.40. The van der Waals surface area contributed by atoms with Gasteiger partial charge in [-0.3, -0.25) is 14.5 Å². The highest BCUT2D eigenvalue weighted by Gasteiger charge is 2.29. The summed E-state index contributed by atoms with van der Waals surface area (Å²) in [5.41, 5.74) is -0.0339. The molecule has 3 rings (SSSR count). The summed E-state index contributed by atoms with van der Waals surface area (Å²) in [5.74, 6) is -6.35. The molecule has 11 heteroatoms.